The lowest BCUT2D eigenvalue weighted by Gasteiger charge is -2.18. The number of rotatable bonds is 6. The predicted molar refractivity (Wildman–Crippen MR) is 122 cm³/mol. The molecule has 1 aliphatic heterocycles. The van der Waals surface area contributed by atoms with Crippen LogP contribution in [0, 0.1) is 0 Å². The molecule has 7 heteroatoms. The van der Waals surface area contributed by atoms with E-state index in [9.17, 15) is 4.79 Å². The average Bonchev–Trinajstić information content (AvgIpc) is 3.27. The van der Waals surface area contributed by atoms with E-state index in [1.165, 1.54) is 16.6 Å². The molecule has 1 aliphatic rings. The Bertz CT molecular complexity index is 740. The molecule has 1 aromatic heterocycles. The summed E-state index contributed by atoms with van der Waals surface area (Å²) in [5, 5.41) is 8.02. The fourth-order valence-electron chi connectivity index (χ4n) is 3.40. The van der Waals surface area contributed by atoms with Crippen LogP contribution in [0.25, 0.3) is 10.9 Å². The van der Waals surface area contributed by atoms with Crippen LogP contribution >= 0.6 is 24.0 Å². The first-order valence-corrected chi connectivity index (χ1v) is 9.58. The van der Waals surface area contributed by atoms with Crippen molar-refractivity contribution in [2.45, 2.75) is 39.2 Å². The Balaban J connectivity index is 0.00000261. The maximum Gasteiger partial charge on any atom is 0.222 e. The molecule has 1 atom stereocenters. The summed E-state index contributed by atoms with van der Waals surface area (Å²) in [4.78, 5) is 21.9. The maximum absolute atomic E-state index is 11.8. The lowest BCUT2D eigenvalue weighted by molar-refractivity contribution is -0.129. The van der Waals surface area contributed by atoms with Crippen molar-refractivity contribution in [3.05, 3.63) is 36.0 Å². The van der Waals surface area contributed by atoms with Gasteiger partial charge < -0.3 is 20.5 Å². The van der Waals surface area contributed by atoms with Gasteiger partial charge in [-0.05, 0) is 30.9 Å². The SMILES string of the molecule is CCNC(=NCCc1cc2ccccc2[nH]1)NC1CCN(C(=O)CC)C1.I. The number of aliphatic imine (C=N–C) groups is 1. The van der Waals surface area contributed by atoms with Crippen LogP contribution in [0.5, 0.6) is 0 Å². The van der Waals surface area contributed by atoms with Crippen LogP contribution in [-0.4, -0.2) is 54.0 Å². The van der Waals surface area contributed by atoms with E-state index in [2.05, 4.69) is 46.8 Å². The summed E-state index contributed by atoms with van der Waals surface area (Å²) >= 11 is 0. The first-order chi connectivity index (χ1) is 12.7. The van der Waals surface area contributed by atoms with Gasteiger partial charge in [-0.3, -0.25) is 9.79 Å². The van der Waals surface area contributed by atoms with Crippen LogP contribution in [0.2, 0.25) is 0 Å². The highest BCUT2D eigenvalue weighted by atomic mass is 127. The molecule has 1 saturated heterocycles. The summed E-state index contributed by atoms with van der Waals surface area (Å²) in [5.74, 6) is 1.06. The number of guanidine groups is 1. The Labute approximate surface area is 178 Å². The van der Waals surface area contributed by atoms with E-state index in [1.54, 1.807) is 0 Å². The molecule has 6 nitrogen and oxygen atoms in total. The Kier molecular flexibility index (Phi) is 8.40. The van der Waals surface area contributed by atoms with Crippen molar-refractivity contribution in [2.24, 2.45) is 4.99 Å². The highest BCUT2D eigenvalue weighted by Crippen LogP contribution is 2.15. The molecule has 1 aromatic carbocycles. The molecule has 1 unspecified atom stereocenters. The van der Waals surface area contributed by atoms with Gasteiger partial charge in [0.25, 0.3) is 0 Å². The van der Waals surface area contributed by atoms with E-state index < -0.39 is 0 Å². The van der Waals surface area contributed by atoms with E-state index in [4.69, 9.17) is 4.99 Å². The number of para-hydroxylation sites is 1. The standard InChI is InChI=1S/C20H29N5O.HI/c1-3-19(26)25-12-10-17(14-25)24-20(21-4-2)22-11-9-16-13-15-7-5-6-8-18(15)23-16;/h5-8,13,17,23H,3-4,9-12,14H2,1-2H3,(H2,21,22,24);1H. The van der Waals surface area contributed by atoms with Crippen molar-refractivity contribution in [3.63, 3.8) is 0 Å². The molecular formula is C20H30IN5O. The number of hydrogen-bond donors (Lipinski definition) is 3. The molecule has 2 aromatic rings. The van der Waals surface area contributed by atoms with Crippen molar-refractivity contribution in [1.82, 2.24) is 20.5 Å². The van der Waals surface area contributed by atoms with Crippen molar-refractivity contribution >= 4 is 46.7 Å². The van der Waals surface area contributed by atoms with Crippen LogP contribution in [0.1, 0.15) is 32.4 Å². The molecule has 0 radical (unpaired) electrons. The minimum atomic E-state index is 0. The van der Waals surface area contributed by atoms with Gasteiger partial charge in [0.2, 0.25) is 5.91 Å². The maximum atomic E-state index is 11.8. The van der Waals surface area contributed by atoms with Crippen molar-refractivity contribution in [1.29, 1.82) is 0 Å². The zero-order valence-corrected chi connectivity index (χ0v) is 18.5. The molecule has 1 fully saturated rings. The summed E-state index contributed by atoms with van der Waals surface area (Å²) < 4.78 is 0. The number of nitrogens with one attached hydrogen (secondary N) is 3. The number of hydrogen-bond acceptors (Lipinski definition) is 2. The zero-order valence-electron chi connectivity index (χ0n) is 16.1. The molecule has 0 aliphatic carbocycles. The van der Waals surface area contributed by atoms with Gasteiger partial charge in [-0.25, -0.2) is 0 Å². The lowest BCUT2D eigenvalue weighted by Crippen LogP contribution is -2.45. The second-order valence-electron chi connectivity index (χ2n) is 6.72. The number of benzene rings is 1. The number of fused-ring (bicyclic) bond motifs is 1. The average molecular weight is 483 g/mol. The third-order valence-electron chi connectivity index (χ3n) is 4.77. The Morgan fingerprint density at radius 1 is 1.33 bits per heavy atom. The van der Waals surface area contributed by atoms with E-state index in [0.29, 0.717) is 13.0 Å². The molecular weight excluding hydrogens is 453 g/mol. The Hall–Kier alpha value is -1.77. The first kappa shape index (κ1) is 21.5. The first-order valence-electron chi connectivity index (χ1n) is 9.58. The Morgan fingerprint density at radius 3 is 2.89 bits per heavy atom. The molecule has 0 saturated carbocycles. The number of halogens is 1. The topological polar surface area (TPSA) is 72.5 Å². The minimum Gasteiger partial charge on any atom is -0.358 e. The van der Waals surface area contributed by atoms with Gasteiger partial charge in [-0.15, -0.1) is 24.0 Å². The number of aromatic nitrogens is 1. The van der Waals surface area contributed by atoms with Crippen LogP contribution in [0.3, 0.4) is 0 Å². The minimum absolute atomic E-state index is 0. The van der Waals surface area contributed by atoms with Crippen molar-refractivity contribution < 1.29 is 4.79 Å². The summed E-state index contributed by atoms with van der Waals surface area (Å²) in [6.07, 6.45) is 2.42. The lowest BCUT2D eigenvalue weighted by atomic mass is 10.2. The molecule has 0 spiro atoms. The van der Waals surface area contributed by atoms with Gasteiger partial charge in [0.15, 0.2) is 5.96 Å². The number of H-pyrrole nitrogens is 1. The summed E-state index contributed by atoms with van der Waals surface area (Å²) in [6, 6.07) is 10.8. The molecule has 1 amide bonds. The molecule has 3 N–H and O–H groups in total. The third-order valence-corrected chi connectivity index (χ3v) is 4.77. The molecule has 0 bridgehead atoms. The smallest absolute Gasteiger partial charge is 0.222 e. The van der Waals surface area contributed by atoms with Crippen molar-refractivity contribution in [2.75, 3.05) is 26.2 Å². The summed E-state index contributed by atoms with van der Waals surface area (Å²) in [7, 11) is 0. The summed E-state index contributed by atoms with van der Waals surface area (Å²) in [5.41, 5.74) is 2.37. The van der Waals surface area contributed by atoms with Gasteiger partial charge in [-0.2, -0.15) is 0 Å². The number of aromatic amines is 1. The highest BCUT2D eigenvalue weighted by Gasteiger charge is 2.25. The highest BCUT2D eigenvalue weighted by molar-refractivity contribution is 14.0. The quantitative estimate of drug-likeness (QED) is 0.336. The fourth-order valence-corrected chi connectivity index (χ4v) is 3.40. The van der Waals surface area contributed by atoms with Crippen LogP contribution in [-0.2, 0) is 11.2 Å². The van der Waals surface area contributed by atoms with Gasteiger partial charge in [0.05, 0.1) is 0 Å². The Morgan fingerprint density at radius 2 is 2.15 bits per heavy atom. The number of carbonyl (C=O) groups is 1. The predicted octanol–water partition coefficient (Wildman–Crippen LogP) is 2.89. The number of likely N-dealkylation sites (tertiary alicyclic amines) is 1. The van der Waals surface area contributed by atoms with Crippen LogP contribution in [0.4, 0.5) is 0 Å². The number of nitrogens with zero attached hydrogens (tertiary/aromatic N) is 2. The zero-order chi connectivity index (χ0) is 18.4. The largest absolute Gasteiger partial charge is 0.358 e. The van der Waals surface area contributed by atoms with E-state index in [1.807, 2.05) is 17.9 Å². The second-order valence-corrected chi connectivity index (χ2v) is 6.72. The molecule has 2 heterocycles. The molecule has 3 rings (SSSR count). The van der Waals surface area contributed by atoms with Gasteiger partial charge in [-0.1, -0.05) is 25.1 Å². The van der Waals surface area contributed by atoms with Gasteiger partial charge in [0, 0.05) is 56.3 Å². The van der Waals surface area contributed by atoms with Crippen LogP contribution < -0.4 is 10.6 Å². The van der Waals surface area contributed by atoms with E-state index in [0.717, 1.165) is 38.4 Å². The molecule has 27 heavy (non-hydrogen) atoms. The molecule has 148 valence electrons. The summed E-state index contributed by atoms with van der Waals surface area (Å²) in [6.45, 7) is 7.11. The van der Waals surface area contributed by atoms with Gasteiger partial charge in [0.1, 0.15) is 0 Å². The third kappa shape index (κ3) is 5.85. The number of amides is 1. The van der Waals surface area contributed by atoms with Crippen LogP contribution in [0.15, 0.2) is 35.3 Å². The fraction of sp³-hybridized carbons (Fsp3) is 0.500. The van der Waals surface area contributed by atoms with Gasteiger partial charge >= 0.3 is 0 Å². The normalized spacial score (nSPS) is 17.0. The number of carbonyl (C=O) groups excluding carboxylic acids is 1. The van der Waals surface area contributed by atoms with E-state index >= 15 is 0 Å². The van der Waals surface area contributed by atoms with E-state index in [-0.39, 0.29) is 35.9 Å². The monoisotopic (exact) mass is 483 g/mol. The van der Waals surface area contributed by atoms with Crippen molar-refractivity contribution in [3.8, 4) is 0 Å². The second kappa shape index (κ2) is 10.5.